The molecule has 1 aliphatic rings. The van der Waals surface area contributed by atoms with Crippen molar-refractivity contribution in [2.75, 3.05) is 14.2 Å². The molecular formula is C17H18BN3O2S. The van der Waals surface area contributed by atoms with Gasteiger partial charge >= 0.3 is 0 Å². The molecule has 122 valence electrons. The summed E-state index contributed by atoms with van der Waals surface area (Å²) >= 11 is 1.48. The van der Waals surface area contributed by atoms with Crippen LogP contribution in [0.3, 0.4) is 0 Å². The molecule has 24 heavy (non-hydrogen) atoms. The largest absolute Gasteiger partial charge is 0.497 e. The molecule has 0 aliphatic carbocycles. The number of rotatable bonds is 3. The second-order valence-corrected chi connectivity index (χ2v) is 6.88. The zero-order chi connectivity index (χ0) is 17.5. The summed E-state index contributed by atoms with van der Waals surface area (Å²) in [5.74, 6) is 0.362. The third kappa shape index (κ3) is 2.58. The Hall–Kier alpha value is -2.28. The van der Waals surface area contributed by atoms with Crippen LogP contribution in [0, 0.1) is 0 Å². The van der Waals surface area contributed by atoms with Gasteiger partial charge in [0.1, 0.15) is 19.1 Å². The minimum absolute atomic E-state index is 0.0952. The van der Waals surface area contributed by atoms with Crippen LogP contribution in [0.4, 0.5) is 0 Å². The molecule has 7 heteroatoms. The number of nitrogens with two attached hydrogens (primary N) is 1. The number of thiophene rings is 1. The van der Waals surface area contributed by atoms with E-state index in [4.69, 9.17) is 18.3 Å². The minimum Gasteiger partial charge on any atom is -0.497 e. The average Bonchev–Trinajstić information content (AvgIpc) is 3.01. The van der Waals surface area contributed by atoms with Crippen molar-refractivity contribution < 1.29 is 9.53 Å². The van der Waals surface area contributed by atoms with Gasteiger partial charge in [-0.05, 0) is 30.0 Å². The van der Waals surface area contributed by atoms with Crippen molar-refractivity contribution in [1.82, 2.24) is 4.90 Å². The van der Waals surface area contributed by atoms with Crippen LogP contribution in [0.15, 0.2) is 40.7 Å². The van der Waals surface area contributed by atoms with Crippen LogP contribution in [0.25, 0.3) is 0 Å². The summed E-state index contributed by atoms with van der Waals surface area (Å²) in [5, 5.41) is 1.85. The fourth-order valence-corrected chi connectivity index (χ4v) is 3.94. The summed E-state index contributed by atoms with van der Waals surface area (Å²) in [5.41, 5.74) is 6.70. The number of hydrogen-bond donors (Lipinski definition) is 1. The van der Waals surface area contributed by atoms with Crippen molar-refractivity contribution in [3.05, 3.63) is 46.2 Å². The van der Waals surface area contributed by atoms with Gasteiger partial charge in [0.05, 0.1) is 13.0 Å². The summed E-state index contributed by atoms with van der Waals surface area (Å²) < 4.78 is 5.20. The highest BCUT2D eigenvalue weighted by molar-refractivity contribution is 7.11. The SMILES string of the molecule is [B]c1csc([C@@]2(C)N=C(N)N(C)C(=O)[C@H]2c2ccc(OC)cc2)c1. The lowest BCUT2D eigenvalue weighted by Gasteiger charge is -2.40. The van der Waals surface area contributed by atoms with E-state index in [1.807, 2.05) is 42.6 Å². The third-order valence-corrected chi connectivity index (χ3v) is 5.57. The molecule has 0 saturated carbocycles. The molecular weight excluding hydrogens is 321 g/mol. The highest BCUT2D eigenvalue weighted by atomic mass is 32.1. The average molecular weight is 339 g/mol. The topological polar surface area (TPSA) is 67.9 Å². The van der Waals surface area contributed by atoms with Gasteiger partial charge in [0.2, 0.25) is 5.91 Å². The zero-order valence-corrected chi connectivity index (χ0v) is 14.6. The summed E-state index contributed by atoms with van der Waals surface area (Å²) in [7, 11) is 9.13. The van der Waals surface area contributed by atoms with Crippen molar-refractivity contribution in [2.24, 2.45) is 10.7 Å². The number of guanidine groups is 1. The Bertz CT molecular complexity index is 802. The van der Waals surface area contributed by atoms with Gasteiger partial charge < -0.3 is 10.5 Å². The fraction of sp³-hybridized carbons (Fsp3) is 0.294. The molecule has 1 aromatic carbocycles. The van der Waals surface area contributed by atoms with E-state index >= 15 is 0 Å². The second-order valence-electron chi connectivity index (χ2n) is 5.97. The molecule has 2 radical (unpaired) electrons. The molecule has 2 N–H and O–H groups in total. The highest BCUT2D eigenvalue weighted by Crippen LogP contribution is 2.45. The molecule has 0 bridgehead atoms. The van der Waals surface area contributed by atoms with E-state index in [1.165, 1.54) is 16.2 Å². The number of nitrogens with zero attached hydrogens (tertiary/aromatic N) is 2. The summed E-state index contributed by atoms with van der Waals surface area (Å²) in [6.45, 7) is 1.92. The molecule has 1 aliphatic heterocycles. The van der Waals surface area contributed by atoms with Crippen molar-refractivity contribution in [2.45, 2.75) is 18.4 Å². The van der Waals surface area contributed by atoms with Gasteiger partial charge in [-0.2, -0.15) is 0 Å². The Morgan fingerprint density at radius 3 is 2.58 bits per heavy atom. The monoisotopic (exact) mass is 339 g/mol. The maximum atomic E-state index is 13.0. The molecule has 2 atom stereocenters. The molecule has 1 amide bonds. The Balaban J connectivity index is 2.16. The summed E-state index contributed by atoms with van der Waals surface area (Å²) in [6, 6.07) is 9.32. The predicted molar refractivity (Wildman–Crippen MR) is 97.2 cm³/mol. The van der Waals surface area contributed by atoms with Gasteiger partial charge in [-0.25, -0.2) is 4.99 Å². The summed E-state index contributed by atoms with van der Waals surface area (Å²) in [6.07, 6.45) is 0. The molecule has 1 aromatic heterocycles. The van der Waals surface area contributed by atoms with Crippen LogP contribution in [-0.4, -0.2) is 38.8 Å². The lowest BCUT2D eigenvalue weighted by molar-refractivity contribution is -0.130. The van der Waals surface area contributed by atoms with Crippen LogP contribution in [0.2, 0.25) is 0 Å². The van der Waals surface area contributed by atoms with Crippen LogP contribution >= 0.6 is 11.3 Å². The fourth-order valence-electron chi connectivity index (χ4n) is 3.00. The Morgan fingerprint density at radius 2 is 2.04 bits per heavy atom. The predicted octanol–water partition coefficient (Wildman–Crippen LogP) is 1.34. The van der Waals surface area contributed by atoms with Crippen LogP contribution in [0.1, 0.15) is 23.3 Å². The maximum absolute atomic E-state index is 13.0. The molecule has 3 rings (SSSR count). The van der Waals surface area contributed by atoms with Gasteiger partial charge in [0.15, 0.2) is 5.96 Å². The Labute approximate surface area is 146 Å². The van der Waals surface area contributed by atoms with E-state index in [0.29, 0.717) is 5.46 Å². The number of hydrogen-bond acceptors (Lipinski definition) is 5. The van der Waals surface area contributed by atoms with Gasteiger partial charge in [-0.15, -0.1) is 11.3 Å². The molecule has 5 nitrogen and oxygen atoms in total. The molecule has 2 heterocycles. The maximum Gasteiger partial charge on any atom is 0.239 e. The van der Waals surface area contributed by atoms with E-state index in [0.717, 1.165) is 16.2 Å². The van der Waals surface area contributed by atoms with E-state index in [1.54, 1.807) is 14.2 Å². The minimum atomic E-state index is -0.801. The van der Waals surface area contributed by atoms with Crippen molar-refractivity contribution >= 4 is 36.5 Å². The molecule has 0 saturated heterocycles. The normalized spacial score (nSPS) is 24.0. The number of aliphatic imine (C=N–C) groups is 1. The van der Waals surface area contributed by atoms with Crippen LogP contribution in [0.5, 0.6) is 5.75 Å². The molecule has 0 fully saturated rings. The van der Waals surface area contributed by atoms with E-state index in [9.17, 15) is 4.79 Å². The van der Waals surface area contributed by atoms with Gasteiger partial charge in [-0.3, -0.25) is 9.69 Å². The third-order valence-electron chi connectivity index (χ3n) is 4.40. The zero-order valence-electron chi connectivity index (χ0n) is 13.8. The van der Waals surface area contributed by atoms with Crippen molar-refractivity contribution in [3.63, 3.8) is 0 Å². The van der Waals surface area contributed by atoms with Crippen molar-refractivity contribution in [1.29, 1.82) is 0 Å². The van der Waals surface area contributed by atoms with E-state index in [2.05, 4.69) is 4.99 Å². The van der Waals surface area contributed by atoms with Gasteiger partial charge in [-0.1, -0.05) is 23.7 Å². The highest BCUT2D eigenvalue weighted by Gasteiger charge is 2.47. The first-order valence-corrected chi connectivity index (χ1v) is 8.36. The number of ether oxygens (including phenoxy) is 1. The van der Waals surface area contributed by atoms with Crippen LogP contribution in [-0.2, 0) is 10.3 Å². The number of carbonyl (C=O) groups is 1. The van der Waals surface area contributed by atoms with Crippen LogP contribution < -0.4 is 15.9 Å². The standard InChI is InChI=1S/C17H18BN3O2S/c1-17(13-8-11(18)9-24-13)14(15(22)21(2)16(19)20-17)10-4-6-12(23-3)7-5-10/h4-9,14H,1-3H3,(H2,19,20)/t14-,17-/m1/s1. The Kier molecular flexibility index (Phi) is 4.13. The smallest absolute Gasteiger partial charge is 0.239 e. The summed E-state index contributed by atoms with van der Waals surface area (Å²) in [4.78, 5) is 20.0. The van der Waals surface area contributed by atoms with E-state index < -0.39 is 11.5 Å². The lowest BCUT2D eigenvalue weighted by atomic mass is 9.77. The number of amides is 1. The number of benzene rings is 1. The number of methoxy groups -OCH3 is 1. The molecule has 2 aromatic rings. The molecule has 0 spiro atoms. The first-order chi connectivity index (χ1) is 11.4. The second kappa shape index (κ2) is 5.98. The van der Waals surface area contributed by atoms with Crippen molar-refractivity contribution in [3.8, 4) is 5.75 Å². The first-order valence-electron chi connectivity index (χ1n) is 7.48. The van der Waals surface area contributed by atoms with E-state index in [-0.39, 0.29) is 11.9 Å². The number of likely N-dealkylation sites (N-methyl/N-ethyl adjacent to an activating group) is 1. The van der Waals surface area contributed by atoms with Gasteiger partial charge in [0.25, 0.3) is 0 Å². The Morgan fingerprint density at radius 1 is 1.38 bits per heavy atom. The lowest BCUT2D eigenvalue weighted by Crippen LogP contribution is -2.52. The quantitative estimate of drug-likeness (QED) is 0.858. The van der Waals surface area contributed by atoms with Gasteiger partial charge in [0, 0.05) is 11.9 Å². The molecule has 0 unspecified atom stereocenters. The number of carbonyl (C=O) groups excluding carboxylic acids is 1. The first kappa shape index (κ1) is 16.6.